The molecule has 0 radical (unpaired) electrons. The molecule has 2 aromatic rings. The molecule has 1 aliphatic carbocycles. The van der Waals surface area contributed by atoms with Gasteiger partial charge in [0, 0.05) is 43.3 Å². The van der Waals surface area contributed by atoms with Crippen LogP contribution in [-0.2, 0) is 0 Å². The largest absolute Gasteiger partial charge is 0.369 e. The second kappa shape index (κ2) is 9.54. The molecule has 1 fully saturated rings. The first-order chi connectivity index (χ1) is 15.3. The van der Waals surface area contributed by atoms with Crippen molar-refractivity contribution in [2.75, 3.05) is 49.1 Å². The molecule has 0 bridgehead atoms. The minimum absolute atomic E-state index is 0.485. The molecular weight excluding hydrogens is 398 g/mol. The van der Waals surface area contributed by atoms with Crippen molar-refractivity contribution in [2.45, 2.75) is 36.0 Å². The minimum atomic E-state index is 0.485. The van der Waals surface area contributed by atoms with Gasteiger partial charge in [-0.05, 0) is 56.1 Å². The zero-order valence-corrected chi connectivity index (χ0v) is 19.3. The lowest BCUT2D eigenvalue weighted by Gasteiger charge is -2.42. The number of aryl methyl sites for hydroxylation is 1. The number of piperazine rings is 1. The first-order valence-electron chi connectivity index (χ1n) is 11.7. The highest BCUT2D eigenvalue weighted by Crippen LogP contribution is 2.44. The molecule has 0 aromatic heterocycles. The van der Waals surface area contributed by atoms with Gasteiger partial charge in [-0.1, -0.05) is 48.6 Å². The summed E-state index contributed by atoms with van der Waals surface area (Å²) in [6.45, 7) is 9.20. The van der Waals surface area contributed by atoms with Crippen molar-refractivity contribution >= 4 is 23.1 Å². The normalized spacial score (nSPS) is 23.0. The van der Waals surface area contributed by atoms with Crippen LogP contribution in [0.2, 0.25) is 0 Å². The van der Waals surface area contributed by atoms with E-state index >= 15 is 0 Å². The minimum Gasteiger partial charge on any atom is -0.369 e. The molecule has 4 heteroatoms. The van der Waals surface area contributed by atoms with E-state index in [1.54, 1.807) is 0 Å². The Kier molecular flexibility index (Phi) is 6.37. The quantitative estimate of drug-likeness (QED) is 0.568. The number of thioether (sulfide) groups is 1. The fraction of sp³-hybridized carbons (Fsp3) is 0.407. The van der Waals surface area contributed by atoms with E-state index in [9.17, 15) is 0 Å². The molecule has 5 rings (SSSR count). The van der Waals surface area contributed by atoms with Crippen LogP contribution in [0.4, 0.5) is 11.4 Å². The third-order valence-electron chi connectivity index (χ3n) is 6.72. The second-order valence-electron chi connectivity index (χ2n) is 8.88. The third kappa shape index (κ3) is 4.70. The average molecular weight is 432 g/mol. The van der Waals surface area contributed by atoms with Gasteiger partial charge in [0.15, 0.2) is 0 Å². The molecule has 0 N–H and O–H groups in total. The van der Waals surface area contributed by atoms with Crippen molar-refractivity contribution in [1.29, 1.82) is 0 Å². The lowest BCUT2D eigenvalue weighted by molar-refractivity contribution is 0.253. The Hall–Kier alpha value is -2.17. The summed E-state index contributed by atoms with van der Waals surface area (Å²) in [5.41, 5.74) is 4.15. The molecule has 2 heterocycles. The number of rotatable bonds is 6. The summed E-state index contributed by atoms with van der Waals surface area (Å²) in [6, 6.07) is 18.3. The van der Waals surface area contributed by atoms with Crippen molar-refractivity contribution in [3.05, 3.63) is 78.4 Å². The maximum absolute atomic E-state index is 2.66. The van der Waals surface area contributed by atoms with Crippen LogP contribution >= 0.6 is 11.8 Å². The van der Waals surface area contributed by atoms with Gasteiger partial charge >= 0.3 is 0 Å². The highest BCUT2D eigenvalue weighted by molar-refractivity contribution is 8.00. The number of anilines is 2. The van der Waals surface area contributed by atoms with E-state index in [4.69, 9.17) is 0 Å². The van der Waals surface area contributed by atoms with Crippen LogP contribution in [0.1, 0.15) is 18.4 Å². The number of hydrogen-bond donors (Lipinski definition) is 0. The van der Waals surface area contributed by atoms with E-state index in [1.807, 2.05) is 11.8 Å². The molecule has 0 spiro atoms. The number of unbranched alkanes of at least 4 members (excludes halogenated alkanes) is 1. The summed E-state index contributed by atoms with van der Waals surface area (Å²) in [4.78, 5) is 9.26. The predicted octanol–water partition coefficient (Wildman–Crippen LogP) is 5.37. The Morgan fingerprint density at radius 2 is 1.65 bits per heavy atom. The molecule has 3 aliphatic rings. The Bertz CT molecular complexity index is 931. The lowest BCUT2D eigenvalue weighted by Crippen LogP contribution is -2.47. The Labute approximate surface area is 191 Å². The van der Waals surface area contributed by atoms with E-state index in [2.05, 4.69) is 94.5 Å². The number of para-hydroxylation sites is 1. The molecule has 0 amide bonds. The van der Waals surface area contributed by atoms with Gasteiger partial charge in [0.2, 0.25) is 0 Å². The zero-order chi connectivity index (χ0) is 21.0. The van der Waals surface area contributed by atoms with E-state index in [0.29, 0.717) is 11.3 Å². The van der Waals surface area contributed by atoms with Crippen molar-refractivity contribution in [2.24, 2.45) is 0 Å². The van der Waals surface area contributed by atoms with Gasteiger partial charge in [0.25, 0.3) is 0 Å². The summed E-state index contributed by atoms with van der Waals surface area (Å²) in [5, 5.41) is 0.534. The fourth-order valence-corrected chi connectivity index (χ4v) is 6.26. The van der Waals surface area contributed by atoms with Crippen LogP contribution in [0.25, 0.3) is 0 Å². The van der Waals surface area contributed by atoms with Crippen LogP contribution < -0.4 is 9.80 Å². The molecule has 1 saturated heterocycles. The number of fused-ring (bicyclic) bond motifs is 2. The average Bonchev–Trinajstić information content (AvgIpc) is 2.82. The van der Waals surface area contributed by atoms with Crippen LogP contribution in [0, 0.1) is 6.92 Å². The molecular formula is C27H33N3S. The van der Waals surface area contributed by atoms with Gasteiger partial charge in [-0.15, -0.1) is 11.8 Å². The summed E-state index contributed by atoms with van der Waals surface area (Å²) < 4.78 is 0. The van der Waals surface area contributed by atoms with Crippen LogP contribution in [0.3, 0.4) is 0 Å². The monoisotopic (exact) mass is 431 g/mol. The highest BCUT2D eigenvalue weighted by Gasteiger charge is 2.32. The standard InChI is InChI=1S/C27H33N3S/c1-22-13-14-27-25(21-22)30(24-11-5-6-12-26(24)31-27)16-8-7-15-28-17-19-29(20-18-28)23-9-3-2-4-10-23/h2-6,9-14,21,24,26H,7-8,15-20H2,1H3. The molecule has 31 heavy (non-hydrogen) atoms. The van der Waals surface area contributed by atoms with E-state index in [1.165, 1.54) is 54.3 Å². The van der Waals surface area contributed by atoms with E-state index in [0.717, 1.165) is 19.6 Å². The maximum atomic E-state index is 2.66. The second-order valence-corrected chi connectivity index (χ2v) is 10.1. The van der Waals surface area contributed by atoms with Gasteiger partial charge in [0.05, 0.1) is 17.0 Å². The number of nitrogens with zero attached hydrogens (tertiary/aromatic N) is 3. The lowest BCUT2D eigenvalue weighted by atomic mass is 10.0. The van der Waals surface area contributed by atoms with Crippen LogP contribution in [0.5, 0.6) is 0 Å². The Morgan fingerprint density at radius 1 is 0.871 bits per heavy atom. The molecule has 0 saturated carbocycles. The molecule has 3 nitrogen and oxygen atoms in total. The molecule has 2 atom stereocenters. The van der Waals surface area contributed by atoms with Crippen molar-refractivity contribution in [3.8, 4) is 0 Å². The highest BCUT2D eigenvalue weighted by atomic mass is 32.2. The third-order valence-corrected chi connectivity index (χ3v) is 8.03. The first-order valence-corrected chi connectivity index (χ1v) is 12.6. The van der Waals surface area contributed by atoms with Crippen molar-refractivity contribution in [1.82, 2.24) is 4.90 Å². The van der Waals surface area contributed by atoms with Crippen LogP contribution in [-0.4, -0.2) is 55.5 Å². The first kappa shape index (κ1) is 20.7. The summed E-state index contributed by atoms with van der Waals surface area (Å²) in [5.74, 6) is 0. The Morgan fingerprint density at radius 3 is 2.48 bits per heavy atom. The van der Waals surface area contributed by atoms with Gasteiger partial charge in [-0.3, -0.25) is 4.90 Å². The smallest absolute Gasteiger partial charge is 0.0634 e. The summed E-state index contributed by atoms with van der Waals surface area (Å²) in [6.07, 6.45) is 11.7. The van der Waals surface area contributed by atoms with Crippen LogP contribution in [0.15, 0.2) is 77.7 Å². The SMILES string of the molecule is Cc1ccc2c(c1)N(CCCCN1CCN(c3ccccc3)CC1)C1C=CC=CC1S2. The number of hydrogen-bond acceptors (Lipinski definition) is 4. The predicted molar refractivity (Wildman–Crippen MR) is 135 cm³/mol. The van der Waals surface area contributed by atoms with Gasteiger partial charge in [-0.2, -0.15) is 0 Å². The molecule has 162 valence electrons. The topological polar surface area (TPSA) is 9.72 Å². The zero-order valence-electron chi connectivity index (χ0n) is 18.5. The number of allylic oxidation sites excluding steroid dienone is 2. The molecule has 2 unspecified atom stereocenters. The summed E-state index contributed by atoms with van der Waals surface area (Å²) in [7, 11) is 0. The van der Waals surface area contributed by atoms with Gasteiger partial charge in [-0.25, -0.2) is 0 Å². The van der Waals surface area contributed by atoms with Crippen molar-refractivity contribution in [3.63, 3.8) is 0 Å². The maximum Gasteiger partial charge on any atom is 0.0634 e. The Balaban J connectivity index is 1.14. The fourth-order valence-electron chi connectivity index (χ4n) is 4.98. The number of benzene rings is 2. The van der Waals surface area contributed by atoms with Crippen molar-refractivity contribution < 1.29 is 0 Å². The van der Waals surface area contributed by atoms with Gasteiger partial charge in [0.1, 0.15) is 0 Å². The molecule has 2 aromatic carbocycles. The van der Waals surface area contributed by atoms with E-state index < -0.39 is 0 Å². The van der Waals surface area contributed by atoms with Gasteiger partial charge < -0.3 is 9.80 Å². The van der Waals surface area contributed by atoms with E-state index in [-0.39, 0.29) is 0 Å². The summed E-state index contributed by atoms with van der Waals surface area (Å²) >= 11 is 2.02. The molecule has 2 aliphatic heterocycles.